The van der Waals surface area contributed by atoms with Gasteiger partial charge in [-0.15, -0.1) is 0 Å². The summed E-state index contributed by atoms with van der Waals surface area (Å²) < 4.78 is 11.1. The summed E-state index contributed by atoms with van der Waals surface area (Å²) >= 11 is 0. The van der Waals surface area contributed by atoms with E-state index in [1.54, 1.807) is 0 Å². The number of nitrogens with one attached hydrogen (secondary N) is 1. The summed E-state index contributed by atoms with van der Waals surface area (Å²) in [6, 6.07) is 15.9. The van der Waals surface area contributed by atoms with Gasteiger partial charge in [-0.1, -0.05) is 30.3 Å². The topological polar surface area (TPSA) is 50.8 Å². The van der Waals surface area contributed by atoms with Crippen LogP contribution in [-0.4, -0.2) is 42.6 Å². The number of hydrogen-bond acceptors (Lipinski definition) is 4. The molecule has 2 aromatic rings. The molecule has 1 amide bonds. The highest BCUT2D eigenvalue weighted by Gasteiger charge is 2.46. The molecule has 1 fully saturated rings. The van der Waals surface area contributed by atoms with Gasteiger partial charge in [0.2, 0.25) is 5.91 Å². The van der Waals surface area contributed by atoms with Gasteiger partial charge in [0.1, 0.15) is 13.2 Å². The van der Waals surface area contributed by atoms with Gasteiger partial charge in [0, 0.05) is 24.8 Å². The SMILES string of the molecule is CC1(C(=O)Nc2ccc3c(c2)OCCO3)CCN1CCc1ccccc1. The van der Waals surface area contributed by atoms with Crippen LogP contribution in [0, 0.1) is 0 Å². The van der Waals surface area contributed by atoms with Gasteiger partial charge in [0.15, 0.2) is 11.5 Å². The van der Waals surface area contributed by atoms with Gasteiger partial charge in [-0.2, -0.15) is 0 Å². The first-order chi connectivity index (χ1) is 12.6. The van der Waals surface area contributed by atoms with Gasteiger partial charge in [-0.05, 0) is 37.5 Å². The Morgan fingerprint density at radius 2 is 1.88 bits per heavy atom. The molecule has 2 aliphatic heterocycles. The van der Waals surface area contributed by atoms with Crippen LogP contribution in [0.3, 0.4) is 0 Å². The van der Waals surface area contributed by atoms with Crippen molar-refractivity contribution in [1.29, 1.82) is 0 Å². The van der Waals surface area contributed by atoms with E-state index in [2.05, 4.69) is 34.5 Å². The minimum absolute atomic E-state index is 0.0356. The number of rotatable bonds is 5. The molecule has 1 unspecified atom stereocenters. The second-order valence-electron chi connectivity index (χ2n) is 7.06. The molecular formula is C21H24N2O3. The van der Waals surface area contributed by atoms with Crippen molar-refractivity contribution in [3.63, 3.8) is 0 Å². The third-order valence-electron chi connectivity index (χ3n) is 5.37. The lowest BCUT2D eigenvalue weighted by Crippen LogP contribution is -2.64. The molecule has 136 valence electrons. The van der Waals surface area contributed by atoms with Crippen LogP contribution < -0.4 is 14.8 Å². The van der Waals surface area contributed by atoms with E-state index in [0.29, 0.717) is 19.0 Å². The predicted octanol–water partition coefficient (Wildman–Crippen LogP) is 3.10. The molecule has 0 aliphatic carbocycles. The van der Waals surface area contributed by atoms with E-state index < -0.39 is 5.54 Å². The zero-order chi connectivity index (χ0) is 18.0. The quantitative estimate of drug-likeness (QED) is 0.898. The number of nitrogens with zero attached hydrogens (tertiary/aromatic N) is 1. The van der Waals surface area contributed by atoms with Crippen molar-refractivity contribution in [3.05, 3.63) is 54.1 Å². The molecule has 1 atom stereocenters. The molecule has 0 radical (unpaired) electrons. The largest absolute Gasteiger partial charge is 0.486 e. The first-order valence-corrected chi connectivity index (χ1v) is 9.15. The van der Waals surface area contributed by atoms with Crippen LogP contribution in [-0.2, 0) is 11.2 Å². The predicted molar refractivity (Wildman–Crippen MR) is 101 cm³/mol. The maximum Gasteiger partial charge on any atom is 0.244 e. The molecular weight excluding hydrogens is 328 g/mol. The van der Waals surface area contributed by atoms with Crippen LogP contribution in [0.4, 0.5) is 5.69 Å². The number of fused-ring (bicyclic) bond motifs is 1. The number of benzene rings is 2. The van der Waals surface area contributed by atoms with Crippen LogP contribution in [0.5, 0.6) is 11.5 Å². The number of hydrogen-bond donors (Lipinski definition) is 1. The van der Waals surface area contributed by atoms with Gasteiger partial charge >= 0.3 is 0 Å². The lowest BCUT2D eigenvalue weighted by Gasteiger charge is -2.49. The van der Waals surface area contributed by atoms with Crippen molar-refractivity contribution >= 4 is 11.6 Å². The van der Waals surface area contributed by atoms with Crippen molar-refractivity contribution < 1.29 is 14.3 Å². The van der Waals surface area contributed by atoms with E-state index in [1.807, 2.05) is 31.2 Å². The number of likely N-dealkylation sites (tertiary alicyclic amines) is 1. The molecule has 2 aromatic carbocycles. The number of carbonyl (C=O) groups is 1. The highest BCUT2D eigenvalue weighted by atomic mass is 16.6. The van der Waals surface area contributed by atoms with Crippen molar-refractivity contribution in [3.8, 4) is 11.5 Å². The number of anilines is 1. The molecule has 0 bridgehead atoms. The van der Waals surface area contributed by atoms with E-state index in [0.717, 1.165) is 37.4 Å². The normalized spacial score (nSPS) is 21.7. The summed E-state index contributed by atoms with van der Waals surface area (Å²) in [7, 11) is 0. The Balaban J connectivity index is 1.39. The average Bonchev–Trinajstić information content (AvgIpc) is 2.67. The number of ether oxygens (including phenoxy) is 2. The number of carbonyl (C=O) groups excluding carboxylic acids is 1. The molecule has 26 heavy (non-hydrogen) atoms. The van der Waals surface area contributed by atoms with Crippen LogP contribution in [0.25, 0.3) is 0 Å². The fourth-order valence-electron chi connectivity index (χ4n) is 3.52. The van der Waals surface area contributed by atoms with E-state index in [4.69, 9.17) is 9.47 Å². The molecule has 0 saturated carbocycles. The Morgan fingerprint density at radius 3 is 2.62 bits per heavy atom. The van der Waals surface area contributed by atoms with E-state index in [9.17, 15) is 4.79 Å². The van der Waals surface area contributed by atoms with Gasteiger partial charge in [-0.25, -0.2) is 0 Å². The summed E-state index contributed by atoms with van der Waals surface area (Å²) in [6.45, 7) is 4.96. The third-order valence-corrected chi connectivity index (χ3v) is 5.37. The van der Waals surface area contributed by atoms with E-state index in [-0.39, 0.29) is 5.91 Å². The molecule has 0 spiro atoms. The van der Waals surface area contributed by atoms with Crippen LogP contribution >= 0.6 is 0 Å². The summed E-state index contributed by atoms with van der Waals surface area (Å²) in [5, 5.41) is 3.05. The molecule has 4 rings (SSSR count). The standard InChI is InChI=1S/C21H24N2O3/c1-21(10-12-23(21)11-9-16-5-3-2-4-6-16)20(24)22-17-7-8-18-19(15-17)26-14-13-25-18/h2-8,15H,9-14H2,1H3,(H,22,24). The minimum atomic E-state index is -0.456. The zero-order valence-corrected chi connectivity index (χ0v) is 15.0. The Hall–Kier alpha value is -2.53. The first kappa shape index (κ1) is 16.9. The van der Waals surface area contributed by atoms with Crippen molar-refractivity contribution in [2.75, 3.05) is 31.6 Å². The molecule has 1 N–H and O–H groups in total. The molecule has 2 heterocycles. The van der Waals surface area contributed by atoms with Crippen molar-refractivity contribution in [2.45, 2.75) is 25.3 Å². The molecule has 5 nitrogen and oxygen atoms in total. The molecule has 0 aromatic heterocycles. The Morgan fingerprint density at radius 1 is 1.12 bits per heavy atom. The van der Waals surface area contributed by atoms with Gasteiger partial charge in [-0.3, -0.25) is 9.69 Å². The maximum atomic E-state index is 12.9. The summed E-state index contributed by atoms with van der Waals surface area (Å²) in [4.78, 5) is 15.1. The molecule has 2 aliphatic rings. The van der Waals surface area contributed by atoms with Gasteiger partial charge in [0.05, 0.1) is 5.54 Å². The summed E-state index contributed by atoms with van der Waals surface area (Å²) in [5.41, 5.74) is 1.59. The van der Waals surface area contributed by atoms with Gasteiger partial charge < -0.3 is 14.8 Å². The highest BCUT2D eigenvalue weighted by Crippen LogP contribution is 2.35. The highest BCUT2D eigenvalue weighted by molar-refractivity contribution is 5.98. The second-order valence-corrected chi connectivity index (χ2v) is 7.06. The molecule has 1 saturated heterocycles. The third kappa shape index (κ3) is 3.27. The van der Waals surface area contributed by atoms with Crippen LogP contribution in [0.1, 0.15) is 18.9 Å². The number of amides is 1. The second kappa shape index (κ2) is 7.00. The Bertz CT molecular complexity index is 793. The summed E-state index contributed by atoms with van der Waals surface area (Å²) in [6.07, 6.45) is 1.83. The summed E-state index contributed by atoms with van der Waals surface area (Å²) in [5.74, 6) is 1.45. The fraction of sp³-hybridized carbons (Fsp3) is 0.381. The fourth-order valence-corrected chi connectivity index (χ4v) is 3.52. The van der Waals surface area contributed by atoms with Crippen molar-refractivity contribution in [1.82, 2.24) is 4.90 Å². The zero-order valence-electron chi connectivity index (χ0n) is 15.0. The lowest BCUT2D eigenvalue weighted by atomic mass is 9.85. The van der Waals surface area contributed by atoms with Gasteiger partial charge in [0.25, 0.3) is 0 Å². The smallest absolute Gasteiger partial charge is 0.244 e. The first-order valence-electron chi connectivity index (χ1n) is 9.15. The average molecular weight is 352 g/mol. The molecule has 5 heteroatoms. The van der Waals surface area contributed by atoms with E-state index >= 15 is 0 Å². The van der Waals surface area contributed by atoms with Crippen molar-refractivity contribution in [2.24, 2.45) is 0 Å². The lowest BCUT2D eigenvalue weighted by molar-refractivity contribution is -0.135. The van der Waals surface area contributed by atoms with E-state index in [1.165, 1.54) is 5.56 Å². The Kier molecular flexibility index (Phi) is 4.55. The van der Waals surface area contributed by atoms with Crippen LogP contribution in [0.15, 0.2) is 48.5 Å². The Labute approximate surface area is 153 Å². The maximum absolute atomic E-state index is 12.9. The van der Waals surface area contributed by atoms with Crippen LogP contribution in [0.2, 0.25) is 0 Å². The monoisotopic (exact) mass is 352 g/mol. The minimum Gasteiger partial charge on any atom is -0.486 e.